The third-order valence-corrected chi connectivity index (χ3v) is 14.4. The van der Waals surface area contributed by atoms with Gasteiger partial charge in [-0.15, -0.1) is 11.3 Å². The summed E-state index contributed by atoms with van der Waals surface area (Å²) < 4.78 is 2.43. The van der Waals surface area contributed by atoms with Crippen LogP contribution >= 0.6 is 11.3 Å². The van der Waals surface area contributed by atoms with Gasteiger partial charge in [-0.05, 0) is 117 Å². The molecule has 0 N–H and O–H groups in total. The third-order valence-electron chi connectivity index (χ3n) is 13.2. The van der Waals surface area contributed by atoms with Crippen LogP contribution < -0.4 is 0 Å². The zero-order valence-corrected chi connectivity index (χ0v) is 34.6. The molecule has 0 amide bonds. The highest BCUT2D eigenvalue weighted by atomic mass is 32.1. The van der Waals surface area contributed by atoms with Gasteiger partial charge in [-0.25, -0.2) is 15.0 Å². The molecule has 0 radical (unpaired) electrons. The number of nitrogens with zero attached hydrogens (tertiary/aromatic N) is 3. The summed E-state index contributed by atoms with van der Waals surface area (Å²) in [5.41, 5.74) is 5.27. The zero-order chi connectivity index (χ0) is 41.2. The Kier molecular flexibility index (Phi) is 7.27. The lowest BCUT2D eigenvalue weighted by Crippen LogP contribution is -2.01. The lowest BCUT2D eigenvalue weighted by Gasteiger charge is -2.18. The summed E-state index contributed by atoms with van der Waals surface area (Å²) in [6, 6.07) is 72.9. The van der Waals surface area contributed by atoms with Gasteiger partial charge < -0.3 is 0 Å². The topological polar surface area (TPSA) is 38.7 Å². The van der Waals surface area contributed by atoms with Gasteiger partial charge in [0.05, 0.1) is 0 Å². The molecule has 0 bridgehead atoms. The summed E-state index contributed by atoms with van der Waals surface area (Å²) in [5.74, 6) is 1.97. The fourth-order valence-corrected chi connectivity index (χ4v) is 11.7. The average molecular weight is 816 g/mol. The molecule has 4 heteroatoms. The minimum absolute atomic E-state index is 0.651. The van der Waals surface area contributed by atoms with Crippen LogP contribution in [0.5, 0.6) is 0 Å². The van der Waals surface area contributed by atoms with Crippen LogP contribution in [0, 0.1) is 0 Å². The van der Waals surface area contributed by atoms with Crippen LogP contribution in [0.15, 0.2) is 200 Å². The van der Waals surface area contributed by atoms with E-state index in [9.17, 15) is 0 Å². The van der Waals surface area contributed by atoms with Crippen molar-refractivity contribution in [2.45, 2.75) is 0 Å². The molecule has 0 aliphatic rings. The average Bonchev–Trinajstić information content (AvgIpc) is 3.74. The Hall–Kier alpha value is -8.05. The molecular weight excluding hydrogens is 783 g/mol. The quantitative estimate of drug-likeness (QED) is 0.166. The Morgan fingerprint density at radius 2 is 0.762 bits per heavy atom. The molecule has 2 aromatic heterocycles. The normalized spacial score (nSPS) is 12.1. The lowest BCUT2D eigenvalue weighted by atomic mass is 9.86. The SMILES string of the molecule is c1ccc(-c2nc(-c3ccc(-c4cc5ccc6cccc7c8cccc9ccc%10cccc(c(c4)c5c67)c%10c98)c4ccccc34)nc(-c3cccc4c3sc3ccccc34)n2)cc1. The van der Waals surface area contributed by atoms with E-state index in [1.807, 2.05) is 18.2 Å². The Morgan fingerprint density at radius 3 is 1.46 bits per heavy atom. The van der Waals surface area contributed by atoms with E-state index in [2.05, 4.69) is 182 Å². The van der Waals surface area contributed by atoms with Gasteiger partial charge in [0.1, 0.15) is 0 Å². The molecule has 12 aromatic carbocycles. The highest BCUT2D eigenvalue weighted by Gasteiger charge is 2.21. The standard InChI is InChI=1S/C59H33N3S/c1-2-12-37(13-3-1)57-60-58(62-59(61-57)49-24-11-23-47-43-19-6-7-25-51(43)63-56(47)49)48-31-30-40(41-17-4-5-18-42(41)48)39-32-38-29-28-36-15-9-21-45-44-20-8-14-34-26-27-35-16-10-22-46(54(35)52(34)44)50(33-39)55(38)53(36)45/h1-33H. The van der Waals surface area contributed by atoms with E-state index in [1.165, 1.54) is 95.9 Å². The van der Waals surface area contributed by atoms with Crippen LogP contribution in [0.25, 0.3) is 141 Å². The van der Waals surface area contributed by atoms with E-state index in [-0.39, 0.29) is 0 Å². The van der Waals surface area contributed by atoms with Crippen molar-refractivity contribution < 1.29 is 0 Å². The largest absolute Gasteiger partial charge is 0.208 e. The van der Waals surface area contributed by atoms with Crippen molar-refractivity contribution in [3.63, 3.8) is 0 Å². The number of aromatic nitrogens is 3. The molecule has 0 fully saturated rings. The van der Waals surface area contributed by atoms with Crippen LogP contribution in [0.1, 0.15) is 0 Å². The maximum Gasteiger partial charge on any atom is 0.165 e. The molecule has 0 unspecified atom stereocenters. The van der Waals surface area contributed by atoms with Gasteiger partial charge in [-0.2, -0.15) is 0 Å². The molecule has 0 aliphatic heterocycles. The smallest absolute Gasteiger partial charge is 0.165 e. The maximum atomic E-state index is 5.34. The minimum atomic E-state index is 0.651. The van der Waals surface area contributed by atoms with E-state index in [1.54, 1.807) is 11.3 Å². The lowest BCUT2D eigenvalue weighted by molar-refractivity contribution is 1.08. The molecular formula is C59H33N3S. The molecule has 3 nitrogen and oxygen atoms in total. The predicted octanol–water partition coefficient (Wildman–Crippen LogP) is 16.4. The van der Waals surface area contributed by atoms with Crippen LogP contribution in [-0.4, -0.2) is 15.0 Å². The molecule has 0 saturated heterocycles. The monoisotopic (exact) mass is 815 g/mol. The Morgan fingerprint density at radius 1 is 0.270 bits per heavy atom. The summed E-state index contributed by atoms with van der Waals surface area (Å²) in [6.45, 7) is 0. The van der Waals surface area contributed by atoms with E-state index < -0.39 is 0 Å². The van der Waals surface area contributed by atoms with Crippen molar-refractivity contribution in [1.82, 2.24) is 15.0 Å². The number of benzene rings is 11. The van der Waals surface area contributed by atoms with Gasteiger partial charge in [0.15, 0.2) is 17.5 Å². The number of fused-ring (bicyclic) bond motifs is 6. The molecule has 14 rings (SSSR count). The number of hydrogen-bond donors (Lipinski definition) is 0. The first-order valence-electron chi connectivity index (χ1n) is 21.4. The van der Waals surface area contributed by atoms with Gasteiger partial charge in [-0.1, -0.05) is 170 Å². The molecule has 0 aliphatic carbocycles. The van der Waals surface area contributed by atoms with Gasteiger partial charge in [0.2, 0.25) is 0 Å². The van der Waals surface area contributed by atoms with E-state index in [4.69, 9.17) is 15.0 Å². The highest BCUT2D eigenvalue weighted by molar-refractivity contribution is 7.26. The summed E-state index contributed by atoms with van der Waals surface area (Å²) in [5, 5.41) is 20.0. The Balaban J connectivity index is 1.04. The first-order chi connectivity index (χ1) is 31.2. The van der Waals surface area contributed by atoms with Crippen molar-refractivity contribution in [3.8, 4) is 45.3 Å². The minimum Gasteiger partial charge on any atom is -0.208 e. The number of thiophene rings is 1. The second-order valence-corrected chi connectivity index (χ2v) is 17.7. The van der Waals surface area contributed by atoms with Crippen LogP contribution in [0.2, 0.25) is 0 Å². The first kappa shape index (κ1) is 34.6. The van der Waals surface area contributed by atoms with Gasteiger partial charge >= 0.3 is 0 Å². The fraction of sp³-hybridized carbons (Fsp3) is 0. The van der Waals surface area contributed by atoms with Crippen molar-refractivity contribution in [2.75, 3.05) is 0 Å². The van der Waals surface area contributed by atoms with Crippen molar-refractivity contribution in [3.05, 3.63) is 200 Å². The second kappa shape index (κ2) is 13.2. The third kappa shape index (κ3) is 5.10. The maximum absolute atomic E-state index is 5.34. The Labute approximate surface area is 365 Å². The zero-order valence-electron chi connectivity index (χ0n) is 33.8. The van der Waals surface area contributed by atoms with Crippen molar-refractivity contribution in [2.24, 2.45) is 0 Å². The van der Waals surface area contributed by atoms with E-state index >= 15 is 0 Å². The molecule has 2 heterocycles. The fourth-order valence-electron chi connectivity index (χ4n) is 10.4. The van der Waals surface area contributed by atoms with E-state index in [0.29, 0.717) is 17.5 Å². The van der Waals surface area contributed by atoms with Crippen LogP contribution in [0.3, 0.4) is 0 Å². The number of rotatable bonds is 4. The molecule has 14 aromatic rings. The van der Waals surface area contributed by atoms with Crippen LogP contribution in [0.4, 0.5) is 0 Å². The number of hydrogen-bond acceptors (Lipinski definition) is 4. The van der Waals surface area contributed by atoms with E-state index in [0.717, 1.165) is 27.5 Å². The summed E-state index contributed by atoms with van der Waals surface area (Å²) in [4.78, 5) is 15.8. The molecule has 0 spiro atoms. The highest BCUT2D eigenvalue weighted by Crippen LogP contribution is 2.46. The van der Waals surface area contributed by atoms with Crippen LogP contribution in [-0.2, 0) is 0 Å². The van der Waals surface area contributed by atoms with Gasteiger partial charge in [-0.3, -0.25) is 0 Å². The molecule has 290 valence electrons. The predicted molar refractivity (Wildman–Crippen MR) is 268 cm³/mol. The first-order valence-corrected chi connectivity index (χ1v) is 22.2. The second-order valence-electron chi connectivity index (χ2n) is 16.6. The van der Waals surface area contributed by atoms with Crippen molar-refractivity contribution in [1.29, 1.82) is 0 Å². The van der Waals surface area contributed by atoms with Gasteiger partial charge in [0.25, 0.3) is 0 Å². The molecule has 0 saturated carbocycles. The summed E-state index contributed by atoms with van der Waals surface area (Å²) in [7, 11) is 0. The van der Waals surface area contributed by atoms with Gasteiger partial charge in [0, 0.05) is 36.9 Å². The summed E-state index contributed by atoms with van der Waals surface area (Å²) in [6.07, 6.45) is 0. The summed E-state index contributed by atoms with van der Waals surface area (Å²) >= 11 is 1.79. The Bertz CT molecular complexity index is 4200. The van der Waals surface area contributed by atoms with Crippen molar-refractivity contribution >= 4 is 107 Å². The molecule has 0 atom stereocenters. The molecule has 63 heavy (non-hydrogen) atoms.